The summed E-state index contributed by atoms with van der Waals surface area (Å²) in [6.45, 7) is 4.05. The maximum absolute atomic E-state index is 13.5. The molecule has 2 heterocycles. The molecule has 3 rings (SSSR count). The van der Waals surface area contributed by atoms with Gasteiger partial charge in [-0.1, -0.05) is 6.92 Å². The second-order valence-corrected chi connectivity index (χ2v) is 6.38. The molecule has 2 saturated heterocycles. The Balaban J connectivity index is 1.95. The van der Waals surface area contributed by atoms with Crippen LogP contribution in [0.3, 0.4) is 0 Å². The molecule has 1 aromatic rings. The molecule has 1 spiro atoms. The predicted octanol–water partition coefficient (Wildman–Crippen LogP) is 1.70. The van der Waals surface area contributed by atoms with Crippen LogP contribution in [0.25, 0.3) is 0 Å². The zero-order chi connectivity index (χ0) is 18.2. The number of halogens is 2. The van der Waals surface area contributed by atoms with E-state index in [1.807, 2.05) is 6.92 Å². The van der Waals surface area contributed by atoms with Crippen molar-refractivity contribution in [2.24, 2.45) is 0 Å². The minimum absolute atomic E-state index is 0.134. The molecule has 2 aliphatic heterocycles. The number of hydrogen-bond donors (Lipinski definition) is 1. The summed E-state index contributed by atoms with van der Waals surface area (Å²) in [6, 6.07) is 1.32. The number of hydrogen-bond acceptors (Lipinski definition) is 4. The van der Waals surface area contributed by atoms with Crippen molar-refractivity contribution in [3.8, 4) is 0 Å². The van der Waals surface area contributed by atoms with Gasteiger partial charge in [-0.15, -0.1) is 0 Å². The fraction of sp³-hybridized carbons (Fsp3) is 0.529. The van der Waals surface area contributed by atoms with Gasteiger partial charge in [0.1, 0.15) is 17.4 Å². The van der Waals surface area contributed by atoms with Gasteiger partial charge >= 0.3 is 5.97 Å². The lowest BCUT2D eigenvalue weighted by Crippen LogP contribution is -2.58. The molecular weight excluding hydrogens is 334 g/mol. The van der Waals surface area contributed by atoms with E-state index in [4.69, 9.17) is 4.74 Å². The Morgan fingerprint density at radius 2 is 1.84 bits per heavy atom. The fourth-order valence-electron chi connectivity index (χ4n) is 3.59. The number of likely N-dealkylation sites (tertiary alicyclic amines) is 1. The number of benzene rings is 1. The van der Waals surface area contributed by atoms with Crippen LogP contribution >= 0.6 is 0 Å². The Labute approximate surface area is 144 Å². The van der Waals surface area contributed by atoms with Crippen LogP contribution in [0.2, 0.25) is 0 Å². The van der Waals surface area contributed by atoms with Gasteiger partial charge in [0, 0.05) is 37.6 Å². The van der Waals surface area contributed by atoms with Crippen LogP contribution in [-0.2, 0) is 9.53 Å². The normalized spacial score (nSPS) is 23.2. The smallest absolute Gasteiger partial charge is 0.328 e. The van der Waals surface area contributed by atoms with Crippen molar-refractivity contribution in [2.75, 3.05) is 26.2 Å². The number of ether oxygens (including phenoxy) is 1. The Morgan fingerprint density at radius 1 is 1.24 bits per heavy atom. The van der Waals surface area contributed by atoms with Gasteiger partial charge in [-0.25, -0.2) is 13.6 Å². The van der Waals surface area contributed by atoms with Crippen molar-refractivity contribution >= 4 is 11.9 Å². The molecule has 0 bridgehead atoms. The highest BCUT2D eigenvalue weighted by atomic mass is 19.1. The van der Waals surface area contributed by atoms with Crippen LogP contribution < -0.4 is 0 Å². The highest BCUT2D eigenvalue weighted by Gasteiger charge is 2.54. The van der Waals surface area contributed by atoms with E-state index in [1.54, 1.807) is 0 Å². The predicted molar refractivity (Wildman–Crippen MR) is 84.0 cm³/mol. The summed E-state index contributed by atoms with van der Waals surface area (Å²) in [5, 5.41) is 9.47. The summed E-state index contributed by atoms with van der Waals surface area (Å²) in [6.07, 6.45) is 0.905. The van der Waals surface area contributed by atoms with Crippen LogP contribution in [-0.4, -0.2) is 64.8 Å². The maximum atomic E-state index is 13.5. The van der Waals surface area contributed by atoms with Crippen LogP contribution in [0.15, 0.2) is 18.2 Å². The molecule has 6 nitrogen and oxygen atoms in total. The summed E-state index contributed by atoms with van der Waals surface area (Å²) in [5.41, 5.74) is -1.26. The average molecular weight is 354 g/mol. The minimum Gasteiger partial charge on any atom is -0.480 e. The first-order valence-corrected chi connectivity index (χ1v) is 8.25. The van der Waals surface area contributed by atoms with E-state index < -0.39 is 35.3 Å². The molecule has 0 radical (unpaired) electrons. The van der Waals surface area contributed by atoms with Crippen LogP contribution in [0.4, 0.5) is 8.78 Å². The molecule has 1 N–H and O–H groups in total. The van der Waals surface area contributed by atoms with Gasteiger partial charge in [-0.05, 0) is 18.7 Å². The van der Waals surface area contributed by atoms with E-state index in [9.17, 15) is 23.5 Å². The van der Waals surface area contributed by atoms with Gasteiger partial charge in [-0.3, -0.25) is 9.69 Å². The number of rotatable bonds is 3. The molecular formula is C17H20F2N2O4. The quantitative estimate of drug-likeness (QED) is 0.895. The van der Waals surface area contributed by atoms with Crippen LogP contribution in [0, 0.1) is 11.6 Å². The second kappa shape index (κ2) is 6.68. The molecule has 2 fully saturated rings. The van der Waals surface area contributed by atoms with Gasteiger partial charge in [0.25, 0.3) is 5.91 Å². The van der Waals surface area contributed by atoms with E-state index in [0.29, 0.717) is 32.0 Å². The maximum Gasteiger partial charge on any atom is 0.328 e. The van der Waals surface area contributed by atoms with Gasteiger partial charge < -0.3 is 14.7 Å². The highest BCUT2D eigenvalue weighted by molar-refractivity contribution is 5.97. The summed E-state index contributed by atoms with van der Waals surface area (Å²) < 4.78 is 32.8. The van der Waals surface area contributed by atoms with Gasteiger partial charge in [0.2, 0.25) is 0 Å². The van der Waals surface area contributed by atoms with Crippen molar-refractivity contribution in [3.63, 3.8) is 0 Å². The second-order valence-electron chi connectivity index (χ2n) is 6.38. The Hall–Kier alpha value is -2.06. The highest BCUT2D eigenvalue weighted by Crippen LogP contribution is 2.38. The standard InChI is InChI=1S/C17H20F2N2O4/c1-2-20-5-3-17(4-6-20)21(14(10-25-17)16(23)24)15(22)11-7-12(18)9-13(19)8-11/h7-9,14H,2-6,10H2,1H3,(H,23,24)/t14-/m1/s1. The van der Waals surface area contributed by atoms with Crippen molar-refractivity contribution < 1.29 is 28.2 Å². The number of carbonyl (C=O) groups excluding carboxylic acids is 1. The lowest BCUT2D eigenvalue weighted by molar-refractivity contribution is -0.143. The molecule has 0 aromatic heterocycles. The SMILES string of the molecule is CCN1CCC2(CC1)OC[C@H](C(=O)O)N2C(=O)c1cc(F)cc(F)c1. The molecule has 0 saturated carbocycles. The topological polar surface area (TPSA) is 70.1 Å². The van der Waals surface area contributed by atoms with E-state index in [1.165, 1.54) is 0 Å². The molecule has 1 amide bonds. The Morgan fingerprint density at radius 3 is 2.36 bits per heavy atom. The largest absolute Gasteiger partial charge is 0.480 e. The lowest BCUT2D eigenvalue weighted by Gasteiger charge is -2.44. The van der Waals surface area contributed by atoms with Gasteiger partial charge in [0.05, 0.1) is 6.61 Å². The zero-order valence-corrected chi connectivity index (χ0v) is 13.9. The van der Waals surface area contributed by atoms with Crippen LogP contribution in [0.1, 0.15) is 30.1 Å². The number of piperidine rings is 1. The number of carbonyl (C=O) groups is 2. The fourth-order valence-corrected chi connectivity index (χ4v) is 3.59. The molecule has 2 aliphatic rings. The van der Waals surface area contributed by atoms with Crippen molar-refractivity contribution in [2.45, 2.75) is 31.5 Å². The monoisotopic (exact) mass is 354 g/mol. The minimum atomic E-state index is -1.19. The number of aliphatic carboxylic acids is 1. The van der Waals surface area contributed by atoms with Gasteiger partial charge in [-0.2, -0.15) is 0 Å². The Bertz CT molecular complexity index is 669. The van der Waals surface area contributed by atoms with Crippen LogP contribution in [0.5, 0.6) is 0 Å². The average Bonchev–Trinajstić information content (AvgIpc) is 2.93. The van der Waals surface area contributed by atoms with E-state index in [-0.39, 0.29) is 12.2 Å². The number of nitrogens with zero attached hydrogens (tertiary/aromatic N) is 2. The van der Waals surface area contributed by atoms with Crippen molar-refractivity contribution in [3.05, 3.63) is 35.4 Å². The molecule has 0 unspecified atom stereocenters. The first-order valence-electron chi connectivity index (χ1n) is 8.25. The van der Waals surface area contributed by atoms with Crippen molar-refractivity contribution in [1.82, 2.24) is 9.80 Å². The summed E-state index contributed by atoms with van der Waals surface area (Å²) in [5.74, 6) is -3.69. The number of amides is 1. The summed E-state index contributed by atoms with van der Waals surface area (Å²) >= 11 is 0. The molecule has 136 valence electrons. The molecule has 8 heteroatoms. The van der Waals surface area contributed by atoms with E-state index in [2.05, 4.69) is 4.90 Å². The molecule has 1 atom stereocenters. The van der Waals surface area contributed by atoms with Crippen molar-refractivity contribution in [1.29, 1.82) is 0 Å². The summed E-state index contributed by atoms with van der Waals surface area (Å²) in [7, 11) is 0. The lowest BCUT2D eigenvalue weighted by atomic mass is 9.96. The number of carboxylic acid groups (broad SMARTS) is 1. The Kier molecular flexibility index (Phi) is 4.75. The number of carboxylic acids is 1. The van der Waals surface area contributed by atoms with E-state index >= 15 is 0 Å². The third-order valence-corrected chi connectivity index (χ3v) is 4.96. The summed E-state index contributed by atoms with van der Waals surface area (Å²) in [4.78, 5) is 27.9. The van der Waals surface area contributed by atoms with E-state index in [0.717, 1.165) is 23.6 Å². The van der Waals surface area contributed by atoms with Gasteiger partial charge in [0.15, 0.2) is 6.04 Å². The molecule has 25 heavy (non-hydrogen) atoms. The molecule has 1 aromatic carbocycles. The first kappa shape index (κ1) is 17.8. The first-order chi connectivity index (χ1) is 11.9. The third kappa shape index (κ3) is 3.23. The zero-order valence-electron chi connectivity index (χ0n) is 13.9. The third-order valence-electron chi connectivity index (χ3n) is 4.96. The molecule has 0 aliphatic carbocycles.